The summed E-state index contributed by atoms with van der Waals surface area (Å²) >= 11 is 0. The Morgan fingerprint density at radius 1 is 1.22 bits per heavy atom. The fourth-order valence-electron chi connectivity index (χ4n) is 4.71. The largest absolute Gasteiger partial charge is 0.462 e. The van der Waals surface area contributed by atoms with Crippen LogP contribution in [-0.2, 0) is 9.53 Å². The Morgan fingerprint density at radius 2 is 1.94 bits per heavy atom. The SMILES string of the molecule is C.C=C(C)C(=O)OCC1CC2CC1C1CCCC21. The average Bonchev–Trinajstić information content (AvgIpc) is 2.96. The number of esters is 1. The van der Waals surface area contributed by atoms with Crippen molar-refractivity contribution in [2.45, 2.75) is 46.5 Å². The van der Waals surface area contributed by atoms with E-state index in [1.807, 2.05) is 0 Å². The van der Waals surface area contributed by atoms with Gasteiger partial charge in [0.25, 0.3) is 0 Å². The van der Waals surface area contributed by atoms with Crippen LogP contribution in [0.15, 0.2) is 12.2 Å². The van der Waals surface area contributed by atoms with Crippen LogP contribution in [0.5, 0.6) is 0 Å². The molecule has 3 rings (SSSR count). The lowest BCUT2D eigenvalue weighted by molar-refractivity contribution is -0.141. The molecule has 5 atom stereocenters. The first kappa shape index (κ1) is 13.6. The second-order valence-electron chi connectivity index (χ2n) is 6.29. The first-order chi connectivity index (χ1) is 8.16. The number of hydrogen-bond acceptors (Lipinski definition) is 2. The van der Waals surface area contributed by atoms with E-state index < -0.39 is 0 Å². The van der Waals surface area contributed by atoms with Gasteiger partial charge in [0.05, 0.1) is 6.61 Å². The number of fused-ring (bicyclic) bond motifs is 5. The maximum atomic E-state index is 11.4. The van der Waals surface area contributed by atoms with Crippen LogP contribution < -0.4 is 0 Å². The van der Waals surface area contributed by atoms with E-state index in [2.05, 4.69) is 6.58 Å². The number of carbonyl (C=O) groups is 1. The van der Waals surface area contributed by atoms with Crippen LogP contribution in [0.2, 0.25) is 0 Å². The maximum Gasteiger partial charge on any atom is 0.333 e. The molecule has 0 amide bonds. The molecule has 18 heavy (non-hydrogen) atoms. The molecule has 0 N–H and O–H groups in total. The fraction of sp³-hybridized carbons (Fsp3) is 0.812. The van der Waals surface area contributed by atoms with Gasteiger partial charge in [0.2, 0.25) is 0 Å². The van der Waals surface area contributed by atoms with Crippen molar-refractivity contribution < 1.29 is 9.53 Å². The third-order valence-corrected chi connectivity index (χ3v) is 5.34. The molecule has 0 heterocycles. The van der Waals surface area contributed by atoms with Gasteiger partial charge in [0.1, 0.15) is 0 Å². The van der Waals surface area contributed by atoms with Gasteiger partial charge < -0.3 is 4.74 Å². The number of rotatable bonds is 3. The number of carbonyl (C=O) groups excluding carboxylic acids is 1. The van der Waals surface area contributed by atoms with Crippen LogP contribution in [0, 0.1) is 29.6 Å². The molecule has 3 aliphatic carbocycles. The Kier molecular flexibility index (Phi) is 3.84. The highest BCUT2D eigenvalue weighted by Gasteiger charge is 2.53. The molecular formula is C16H26O2. The summed E-state index contributed by atoms with van der Waals surface area (Å²) in [6, 6.07) is 0. The summed E-state index contributed by atoms with van der Waals surface area (Å²) in [7, 11) is 0. The van der Waals surface area contributed by atoms with Gasteiger partial charge in [-0.1, -0.05) is 20.4 Å². The number of hydrogen-bond donors (Lipinski definition) is 0. The van der Waals surface area contributed by atoms with Gasteiger partial charge in [-0.05, 0) is 62.2 Å². The first-order valence-electron chi connectivity index (χ1n) is 6.99. The molecule has 2 heteroatoms. The minimum absolute atomic E-state index is 0. The van der Waals surface area contributed by atoms with Gasteiger partial charge in [-0.25, -0.2) is 4.79 Å². The van der Waals surface area contributed by atoms with Crippen LogP contribution in [0.3, 0.4) is 0 Å². The lowest BCUT2D eigenvalue weighted by atomic mass is 9.76. The van der Waals surface area contributed by atoms with Gasteiger partial charge in [0.15, 0.2) is 0 Å². The molecule has 102 valence electrons. The predicted octanol–water partition coefficient (Wildman–Crippen LogP) is 3.81. The Balaban J connectivity index is 0.00000120. The molecule has 2 nitrogen and oxygen atoms in total. The highest BCUT2D eigenvalue weighted by molar-refractivity contribution is 5.86. The maximum absolute atomic E-state index is 11.4. The fourth-order valence-corrected chi connectivity index (χ4v) is 4.71. The minimum Gasteiger partial charge on any atom is -0.462 e. The molecule has 0 aromatic carbocycles. The van der Waals surface area contributed by atoms with Gasteiger partial charge in [-0.3, -0.25) is 0 Å². The minimum atomic E-state index is -0.212. The normalized spacial score (nSPS) is 40.2. The average molecular weight is 250 g/mol. The smallest absolute Gasteiger partial charge is 0.333 e. The van der Waals surface area contributed by atoms with E-state index in [9.17, 15) is 4.79 Å². The van der Waals surface area contributed by atoms with Crippen molar-refractivity contribution in [1.82, 2.24) is 0 Å². The first-order valence-corrected chi connectivity index (χ1v) is 6.99. The van der Waals surface area contributed by atoms with Crippen molar-refractivity contribution in [2.24, 2.45) is 29.6 Å². The van der Waals surface area contributed by atoms with Crippen LogP contribution in [0.25, 0.3) is 0 Å². The van der Waals surface area contributed by atoms with Crippen molar-refractivity contribution in [3.8, 4) is 0 Å². The molecule has 5 unspecified atom stereocenters. The van der Waals surface area contributed by atoms with E-state index in [1.54, 1.807) is 6.92 Å². The highest BCUT2D eigenvalue weighted by Crippen LogP contribution is 2.60. The topological polar surface area (TPSA) is 26.3 Å². The van der Waals surface area contributed by atoms with Crippen molar-refractivity contribution in [3.05, 3.63) is 12.2 Å². The van der Waals surface area contributed by atoms with E-state index >= 15 is 0 Å². The van der Waals surface area contributed by atoms with Gasteiger partial charge in [0, 0.05) is 5.57 Å². The van der Waals surface area contributed by atoms with Crippen molar-refractivity contribution in [2.75, 3.05) is 6.61 Å². The number of ether oxygens (including phenoxy) is 1. The molecule has 0 aromatic rings. The molecule has 2 bridgehead atoms. The van der Waals surface area contributed by atoms with Crippen molar-refractivity contribution in [1.29, 1.82) is 0 Å². The Labute approximate surface area is 111 Å². The molecule has 0 aliphatic heterocycles. The summed E-state index contributed by atoms with van der Waals surface area (Å²) in [5, 5.41) is 0. The third kappa shape index (κ3) is 2.10. The van der Waals surface area contributed by atoms with Crippen LogP contribution in [0.4, 0.5) is 0 Å². The Bertz CT molecular complexity index is 347. The van der Waals surface area contributed by atoms with Crippen LogP contribution >= 0.6 is 0 Å². The summed E-state index contributed by atoms with van der Waals surface area (Å²) in [6.45, 7) is 5.98. The molecule has 3 aliphatic rings. The van der Waals surface area contributed by atoms with Gasteiger partial charge in [-0.2, -0.15) is 0 Å². The Hall–Kier alpha value is -0.790. The molecule has 0 spiro atoms. The van der Waals surface area contributed by atoms with Crippen LogP contribution in [0.1, 0.15) is 46.5 Å². The molecule has 0 aromatic heterocycles. The van der Waals surface area contributed by atoms with Crippen LogP contribution in [-0.4, -0.2) is 12.6 Å². The monoisotopic (exact) mass is 250 g/mol. The third-order valence-electron chi connectivity index (χ3n) is 5.34. The lowest BCUT2D eigenvalue weighted by Gasteiger charge is -2.31. The van der Waals surface area contributed by atoms with Gasteiger partial charge >= 0.3 is 5.97 Å². The van der Waals surface area contributed by atoms with Gasteiger partial charge in [-0.15, -0.1) is 0 Å². The highest BCUT2D eigenvalue weighted by atomic mass is 16.5. The summed E-state index contributed by atoms with van der Waals surface area (Å²) in [5.74, 6) is 4.21. The summed E-state index contributed by atoms with van der Waals surface area (Å²) in [4.78, 5) is 11.4. The van der Waals surface area contributed by atoms with E-state index in [-0.39, 0.29) is 13.4 Å². The standard InChI is InChI=1S/C15H22O2.CH4/c1-9(2)15(16)17-8-11-6-10-7-14(11)13-5-3-4-12(10)13;/h10-14H,1,3-8H2,2H3;1H4. The van der Waals surface area contributed by atoms with Crippen molar-refractivity contribution >= 4 is 5.97 Å². The zero-order valence-electron chi connectivity index (χ0n) is 10.7. The van der Waals surface area contributed by atoms with E-state index in [4.69, 9.17) is 4.74 Å². The summed E-state index contributed by atoms with van der Waals surface area (Å²) in [6.07, 6.45) is 7.03. The van der Waals surface area contributed by atoms with E-state index in [0.29, 0.717) is 18.1 Å². The second kappa shape index (κ2) is 5.07. The second-order valence-corrected chi connectivity index (χ2v) is 6.29. The Morgan fingerprint density at radius 3 is 2.67 bits per heavy atom. The quantitative estimate of drug-likeness (QED) is 0.562. The predicted molar refractivity (Wildman–Crippen MR) is 73.0 cm³/mol. The molecule has 0 saturated heterocycles. The van der Waals surface area contributed by atoms with E-state index in [1.165, 1.54) is 32.1 Å². The summed E-state index contributed by atoms with van der Waals surface area (Å²) < 4.78 is 5.35. The zero-order valence-corrected chi connectivity index (χ0v) is 10.7. The molecule has 3 saturated carbocycles. The molecule has 0 radical (unpaired) electrons. The molecule has 3 fully saturated rings. The lowest BCUT2D eigenvalue weighted by Crippen LogP contribution is -2.28. The zero-order chi connectivity index (χ0) is 12.0. The van der Waals surface area contributed by atoms with E-state index in [0.717, 1.165) is 23.7 Å². The molecular weight excluding hydrogens is 224 g/mol. The van der Waals surface area contributed by atoms with Crippen molar-refractivity contribution in [3.63, 3.8) is 0 Å². The summed E-state index contributed by atoms with van der Waals surface area (Å²) in [5.41, 5.74) is 0.520.